The quantitative estimate of drug-likeness (QED) is 0.343. The number of aliphatic hydroxyl groups is 1. The molecule has 0 radical (unpaired) electrons. The van der Waals surface area contributed by atoms with Crippen LogP contribution in [0, 0.1) is 0 Å². The average Bonchev–Trinajstić information content (AvgIpc) is 3.30. The molecule has 9 nitrogen and oxygen atoms in total. The number of hydrogen-bond donors (Lipinski definition) is 2. The molecule has 228 valence electrons. The summed E-state index contributed by atoms with van der Waals surface area (Å²) < 4.78 is 13.8. The van der Waals surface area contributed by atoms with Crippen LogP contribution in [0.1, 0.15) is 84.3 Å². The molecule has 2 N–H and O–H groups in total. The maximum Gasteiger partial charge on any atom is 0.407 e. The second-order valence-corrected chi connectivity index (χ2v) is 14.0. The molecule has 2 aromatic rings. The summed E-state index contributed by atoms with van der Waals surface area (Å²) in [5.41, 5.74) is -0.0606. The van der Waals surface area contributed by atoms with E-state index in [0.717, 1.165) is 22.2 Å². The molecule has 1 aliphatic rings. The Bertz CT molecular complexity index is 1170. The van der Waals surface area contributed by atoms with E-state index >= 15 is 0 Å². The van der Waals surface area contributed by atoms with Gasteiger partial charge in [-0.1, -0.05) is 48.8 Å². The van der Waals surface area contributed by atoms with Crippen LogP contribution in [0.15, 0.2) is 34.9 Å². The minimum Gasteiger partial charge on any atom is -0.444 e. The number of nitrogens with one attached hydrogen (secondary N) is 1. The van der Waals surface area contributed by atoms with E-state index in [2.05, 4.69) is 46.6 Å². The third-order valence-corrected chi connectivity index (χ3v) is 7.66. The van der Waals surface area contributed by atoms with Crippen LogP contribution in [0.25, 0.3) is 0 Å². The van der Waals surface area contributed by atoms with Crippen LogP contribution in [0.2, 0.25) is 0 Å². The lowest BCUT2D eigenvalue weighted by Crippen LogP contribution is -2.51. The van der Waals surface area contributed by atoms with Gasteiger partial charge in [-0.05, 0) is 64.2 Å². The summed E-state index contributed by atoms with van der Waals surface area (Å²) in [6.07, 6.45) is 3.79. The number of hydrogen-bond acceptors (Lipinski definition) is 6. The third-order valence-electron chi connectivity index (χ3n) is 7.13. The van der Waals surface area contributed by atoms with E-state index in [1.54, 1.807) is 32.8 Å². The second kappa shape index (κ2) is 13.7. The molecule has 2 atom stereocenters. The van der Waals surface area contributed by atoms with Gasteiger partial charge in [-0.25, -0.2) is 9.78 Å². The molecule has 2 amide bonds. The highest BCUT2D eigenvalue weighted by molar-refractivity contribution is 9.10. The summed E-state index contributed by atoms with van der Waals surface area (Å²) in [5, 5.41) is 14.8. The van der Waals surface area contributed by atoms with Crippen molar-refractivity contribution in [3.05, 3.63) is 52.0 Å². The molecule has 1 aromatic carbocycles. The van der Waals surface area contributed by atoms with E-state index in [1.165, 1.54) is 0 Å². The van der Waals surface area contributed by atoms with Crippen molar-refractivity contribution in [2.24, 2.45) is 0 Å². The van der Waals surface area contributed by atoms with Crippen molar-refractivity contribution >= 4 is 27.9 Å². The van der Waals surface area contributed by atoms with E-state index < -0.39 is 23.3 Å². The van der Waals surface area contributed by atoms with Crippen LogP contribution in [0.5, 0.6) is 0 Å². The van der Waals surface area contributed by atoms with Crippen molar-refractivity contribution in [3.63, 3.8) is 0 Å². The van der Waals surface area contributed by atoms with Gasteiger partial charge in [0, 0.05) is 61.0 Å². The molecular weight excluding hydrogens is 588 g/mol. The number of rotatable bonds is 10. The maximum absolute atomic E-state index is 13.7. The molecule has 0 aliphatic carbocycles. The number of methoxy groups -OCH3 is 1. The molecule has 1 saturated heterocycles. The lowest BCUT2D eigenvalue weighted by Gasteiger charge is -2.40. The Morgan fingerprint density at radius 1 is 1.17 bits per heavy atom. The van der Waals surface area contributed by atoms with Gasteiger partial charge < -0.3 is 29.4 Å². The molecule has 0 saturated carbocycles. The van der Waals surface area contributed by atoms with Crippen LogP contribution >= 0.6 is 15.9 Å². The van der Waals surface area contributed by atoms with Crippen molar-refractivity contribution in [3.8, 4) is 0 Å². The molecule has 1 fully saturated rings. The van der Waals surface area contributed by atoms with Gasteiger partial charge in [0.15, 0.2) is 0 Å². The van der Waals surface area contributed by atoms with Crippen molar-refractivity contribution < 1.29 is 24.2 Å². The van der Waals surface area contributed by atoms with Crippen LogP contribution in [-0.4, -0.2) is 70.0 Å². The monoisotopic (exact) mass is 634 g/mol. The summed E-state index contributed by atoms with van der Waals surface area (Å²) in [5.74, 6) is 0.462. The summed E-state index contributed by atoms with van der Waals surface area (Å²) in [6.45, 7) is 13.8. The van der Waals surface area contributed by atoms with E-state index in [1.807, 2.05) is 30.5 Å². The van der Waals surface area contributed by atoms with Gasteiger partial charge in [0.05, 0.1) is 6.54 Å². The number of nitrogens with zero attached hydrogens (tertiary/aromatic N) is 3. The number of aromatic nitrogens is 2. The molecular formula is C31H47BrN4O5. The van der Waals surface area contributed by atoms with Crippen LogP contribution in [0.3, 0.4) is 0 Å². The first kappa shape index (κ1) is 33.1. The Balaban J connectivity index is 1.80. The summed E-state index contributed by atoms with van der Waals surface area (Å²) in [4.78, 5) is 32.7. The number of benzene rings is 1. The minimum absolute atomic E-state index is 0.0842. The highest BCUT2D eigenvalue weighted by Gasteiger charge is 2.41. The fraction of sp³-hybridized carbons (Fsp3) is 0.645. The van der Waals surface area contributed by atoms with Crippen molar-refractivity contribution in [2.45, 2.75) is 103 Å². The molecule has 41 heavy (non-hydrogen) atoms. The SMILES string of the molecule is COCCCn1c(C(C)(C)C)cnc1C1(O)CCCN(C(=O)C[C@@H](Cc2ccc(Br)cc2)NC(=O)OC(C)(C)C)C1. The van der Waals surface area contributed by atoms with E-state index in [-0.39, 0.29) is 24.3 Å². The number of ether oxygens (including phenoxy) is 2. The predicted octanol–water partition coefficient (Wildman–Crippen LogP) is 5.32. The number of carbonyl (C=O) groups excluding carboxylic acids is 2. The van der Waals surface area contributed by atoms with Crippen molar-refractivity contribution in [1.29, 1.82) is 0 Å². The van der Waals surface area contributed by atoms with Crippen LogP contribution < -0.4 is 5.32 Å². The van der Waals surface area contributed by atoms with Crippen molar-refractivity contribution in [1.82, 2.24) is 19.8 Å². The van der Waals surface area contributed by atoms with Gasteiger partial charge in [0.25, 0.3) is 0 Å². The van der Waals surface area contributed by atoms with Crippen LogP contribution in [0.4, 0.5) is 4.79 Å². The Hall–Kier alpha value is -2.43. The predicted molar refractivity (Wildman–Crippen MR) is 163 cm³/mol. The molecule has 0 bridgehead atoms. The molecule has 0 spiro atoms. The topological polar surface area (TPSA) is 106 Å². The van der Waals surface area contributed by atoms with Gasteiger partial charge in [0.2, 0.25) is 5.91 Å². The first-order chi connectivity index (χ1) is 19.1. The minimum atomic E-state index is -1.27. The van der Waals surface area contributed by atoms with Gasteiger partial charge in [0.1, 0.15) is 17.0 Å². The standard InChI is InChI=1S/C31H47BrN4O5/c1-29(2,3)25-20-33-27(36(25)16-9-17-40-7)31(39)14-8-15-35(21-31)26(37)19-24(34-28(38)41-30(4,5)6)18-22-10-12-23(32)13-11-22/h10-13,20,24,39H,8-9,14-19,21H2,1-7H3,(H,34,38)/t24-,31?/m1/s1. The Morgan fingerprint density at radius 2 is 1.85 bits per heavy atom. The van der Waals surface area contributed by atoms with Crippen LogP contribution in [-0.2, 0) is 38.2 Å². The lowest BCUT2D eigenvalue weighted by atomic mass is 9.90. The zero-order valence-corrected chi connectivity index (χ0v) is 27.2. The van der Waals surface area contributed by atoms with E-state index in [9.17, 15) is 14.7 Å². The summed E-state index contributed by atoms with van der Waals surface area (Å²) in [6, 6.07) is 7.33. The molecule has 3 rings (SSSR count). The average molecular weight is 636 g/mol. The zero-order valence-electron chi connectivity index (χ0n) is 25.6. The normalized spacial score (nSPS) is 18.7. The molecule has 1 aliphatic heterocycles. The molecule has 10 heteroatoms. The Morgan fingerprint density at radius 3 is 2.46 bits per heavy atom. The number of alkyl carbamates (subject to hydrolysis) is 1. The first-order valence-electron chi connectivity index (χ1n) is 14.4. The largest absolute Gasteiger partial charge is 0.444 e. The maximum atomic E-state index is 13.7. The number of halogens is 1. The fourth-order valence-corrected chi connectivity index (χ4v) is 5.53. The molecule has 1 aromatic heterocycles. The van der Waals surface area contributed by atoms with E-state index in [0.29, 0.717) is 44.8 Å². The number of imidazole rings is 1. The smallest absolute Gasteiger partial charge is 0.407 e. The van der Waals surface area contributed by atoms with Gasteiger partial charge in [-0.3, -0.25) is 4.79 Å². The van der Waals surface area contributed by atoms with Gasteiger partial charge >= 0.3 is 6.09 Å². The molecule has 1 unspecified atom stereocenters. The fourth-order valence-electron chi connectivity index (χ4n) is 5.26. The van der Waals surface area contributed by atoms with Gasteiger partial charge in [-0.15, -0.1) is 0 Å². The first-order valence-corrected chi connectivity index (χ1v) is 15.2. The number of β-amino-alcohol motifs (C(OH)–C–C–N with tert-alkyl or cyclic N) is 1. The van der Waals surface area contributed by atoms with E-state index in [4.69, 9.17) is 14.5 Å². The summed E-state index contributed by atoms with van der Waals surface area (Å²) >= 11 is 3.45. The Kier molecular flexibility index (Phi) is 11.0. The van der Waals surface area contributed by atoms with Crippen molar-refractivity contribution in [2.75, 3.05) is 26.8 Å². The number of amides is 2. The lowest BCUT2D eigenvalue weighted by molar-refractivity contribution is -0.140. The second-order valence-electron chi connectivity index (χ2n) is 13.0. The Labute approximate surface area is 253 Å². The highest BCUT2D eigenvalue weighted by Crippen LogP contribution is 2.34. The van der Waals surface area contributed by atoms with Gasteiger partial charge in [-0.2, -0.15) is 0 Å². The third kappa shape index (κ3) is 9.54. The zero-order chi connectivity index (χ0) is 30.4. The number of likely N-dealkylation sites (tertiary alicyclic amines) is 1. The number of carbonyl (C=O) groups is 2. The number of piperidine rings is 1. The highest BCUT2D eigenvalue weighted by atomic mass is 79.9. The summed E-state index contributed by atoms with van der Waals surface area (Å²) in [7, 11) is 1.68. The molecule has 2 heterocycles.